The van der Waals surface area contributed by atoms with Gasteiger partial charge in [0.2, 0.25) is 0 Å². The fourth-order valence-corrected chi connectivity index (χ4v) is 4.13. The number of benzene rings is 3. The van der Waals surface area contributed by atoms with Crippen molar-refractivity contribution in [2.45, 2.75) is 0 Å². The summed E-state index contributed by atoms with van der Waals surface area (Å²) in [6.07, 6.45) is 0. The third-order valence-electron chi connectivity index (χ3n) is 4.35. The Morgan fingerprint density at radius 1 is 0.931 bits per heavy atom. The van der Waals surface area contributed by atoms with Crippen molar-refractivity contribution in [1.29, 1.82) is 0 Å². The molecule has 1 amide bonds. The Bertz CT molecular complexity index is 1120. The first-order valence-corrected chi connectivity index (χ1v) is 10.5. The zero-order chi connectivity index (χ0) is 20.2. The van der Waals surface area contributed by atoms with Gasteiger partial charge in [-0.1, -0.05) is 57.6 Å². The van der Waals surface area contributed by atoms with Crippen LogP contribution >= 0.6 is 27.3 Å². The van der Waals surface area contributed by atoms with E-state index < -0.39 is 0 Å². The van der Waals surface area contributed by atoms with Gasteiger partial charge in [-0.3, -0.25) is 10.1 Å². The summed E-state index contributed by atoms with van der Waals surface area (Å²) >= 11 is 4.85. The highest BCUT2D eigenvalue weighted by Crippen LogP contribution is 2.39. The Morgan fingerprint density at radius 2 is 1.62 bits per heavy atom. The molecule has 0 radical (unpaired) electrons. The molecule has 4 rings (SSSR count). The number of methoxy groups -OCH3 is 1. The molecular weight excluding hydrogens is 448 g/mol. The molecule has 29 heavy (non-hydrogen) atoms. The molecule has 0 fully saturated rings. The third-order valence-corrected chi connectivity index (χ3v) is 5.90. The van der Waals surface area contributed by atoms with Crippen molar-refractivity contribution in [3.8, 4) is 27.4 Å². The molecule has 0 spiro atoms. The number of ether oxygens (including phenoxy) is 1. The van der Waals surface area contributed by atoms with E-state index in [4.69, 9.17) is 9.72 Å². The van der Waals surface area contributed by atoms with E-state index in [0.29, 0.717) is 10.7 Å². The SMILES string of the molecule is COc1ccc(-c2nc(NC(=O)c3ccc(Br)cc3)sc2-c2ccccc2)cc1. The van der Waals surface area contributed by atoms with Gasteiger partial charge in [0.25, 0.3) is 5.91 Å². The van der Waals surface area contributed by atoms with Crippen LogP contribution in [0.5, 0.6) is 5.75 Å². The lowest BCUT2D eigenvalue weighted by Gasteiger charge is -2.04. The molecule has 0 saturated carbocycles. The second kappa shape index (κ2) is 8.59. The van der Waals surface area contributed by atoms with Crippen molar-refractivity contribution in [2.75, 3.05) is 12.4 Å². The van der Waals surface area contributed by atoms with Crippen molar-refractivity contribution in [1.82, 2.24) is 4.98 Å². The molecular formula is C23H17BrN2O2S. The van der Waals surface area contributed by atoms with Gasteiger partial charge in [0, 0.05) is 15.6 Å². The maximum Gasteiger partial charge on any atom is 0.257 e. The van der Waals surface area contributed by atoms with Gasteiger partial charge >= 0.3 is 0 Å². The normalized spacial score (nSPS) is 10.6. The number of thiazole rings is 1. The Labute approximate surface area is 181 Å². The number of nitrogens with one attached hydrogen (secondary N) is 1. The van der Waals surface area contributed by atoms with E-state index in [-0.39, 0.29) is 5.91 Å². The van der Waals surface area contributed by atoms with E-state index in [1.54, 1.807) is 19.2 Å². The number of carbonyl (C=O) groups excluding carboxylic acids is 1. The molecule has 0 atom stereocenters. The van der Waals surface area contributed by atoms with Crippen LogP contribution in [0.15, 0.2) is 83.3 Å². The Balaban J connectivity index is 1.71. The van der Waals surface area contributed by atoms with E-state index in [9.17, 15) is 4.79 Å². The summed E-state index contributed by atoms with van der Waals surface area (Å²) < 4.78 is 6.18. The molecule has 0 aliphatic rings. The van der Waals surface area contributed by atoms with E-state index in [0.717, 1.165) is 31.9 Å². The quantitative estimate of drug-likeness (QED) is 0.366. The van der Waals surface area contributed by atoms with Crippen LogP contribution in [0.3, 0.4) is 0 Å². The average molecular weight is 465 g/mol. The van der Waals surface area contributed by atoms with Gasteiger partial charge in [-0.25, -0.2) is 4.98 Å². The topological polar surface area (TPSA) is 51.2 Å². The smallest absolute Gasteiger partial charge is 0.257 e. The Hall–Kier alpha value is -2.96. The molecule has 1 heterocycles. The van der Waals surface area contributed by atoms with Crippen molar-refractivity contribution in [3.63, 3.8) is 0 Å². The summed E-state index contributed by atoms with van der Waals surface area (Å²) in [5, 5.41) is 3.49. The van der Waals surface area contributed by atoms with Gasteiger partial charge < -0.3 is 4.74 Å². The van der Waals surface area contributed by atoms with Gasteiger partial charge in [-0.05, 0) is 54.1 Å². The molecule has 3 aromatic carbocycles. The van der Waals surface area contributed by atoms with Crippen LogP contribution in [-0.4, -0.2) is 18.0 Å². The number of halogens is 1. The molecule has 0 bridgehead atoms. The van der Waals surface area contributed by atoms with Crippen LogP contribution in [0.4, 0.5) is 5.13 Å². The minimum atomic E-state index is -0.188. The van der Waals surface area contributed by atoms with E-state index in [2.05, 4.69) is 21.2 Å². The second-order valence-electron chi connectivity index (χ2n) is 6.25. The average Bonchev–Trinajstić information content (AvgIpc) is 3.18. The lowest BCUT2D eigenvalue weighted by molar-refractivity contribution is 0.102. The summed E-state index contributed by atoms with van der Waals surface area (Å²) in [5.41, 5.74) is 3.43. The van der Waals surface area contributed by atoms with Crippen molar-refractivity contribution < 1.29 is 9.53 Å². The van der Waals surface area contributed by atoms with Crippen LogP contribution in [0.2, 0.25) is 0 Å². The van der Waals surface area contributed by atoms with Crippen LogP contribution in [-0.2, 0) is 0 Å². The molecule has 0 aliphatic heterocycles. The summed E-state index contributed by atoms with van der Waals surface area (Å²) in [4.78, 5) is 18.4. The number of hydrogen-bond donors (Lipinski definition) is 1. The van der Waals surface area contributed by atoms with Gasteiger partial charge in [0.1, 0.15) is 5.75 Å². The van der Waals surface area contributed by atoms with E-state index >= 15 is 0 Å². The predicted octanol–water partition coefficient (Wildman–Crippen LogP) is 6.50. The first kappa shape index (κ1) is 19.4. The zero-order valence-corrected chi connectivity index (χ0v) is 18.0. The highest BCUT2D eigenvalue weighted by Gasteiger charge is 2.17. The molecule has 0 saturated heterocycles. The largest absolute Gasteiger partial charge is 0.497 e. The van der Waals surface area contributed by atoms with Gasteiger partial charge in [0.15, 0.2) is 5.13 Å². The maximum atomic E-state index is 12.6. The predicted molar refractivity (Wildman–Crippen MR) is 122 cm³/mol. The zero-order valence-electron chi connectivity index (χ0n) is 15.6. The first-order valence-electron chi connectivity index (χ1n) is 8.91. The minimum absolute atomic E-state index is 0.188. The minimum Gasteiger partial charge on any atom is -0.497 e. The molecule has 4 nitrogen and oxygen atoms in total. The fraction of sp³-hybridized carbons (Fsp3) is 0.0435. The van der Waals surface area contributed by atoms with Crippen LogP contribution in [0.1, 0.15) is 10.4 Å². The molecule has 1 aromatic heterocycles. The van der Waals surface area contributed by atoms with Crippen molar-refractivity contribution in [2.24, 2.45) is 0 Å². The second-order valence-corrected chi connectivity index (χ2v) is 8.17. The highest BCUT2D eigenvalue weighted by atomic mass is 79.9. The standard InChI is InChI=1S/C23H17BrN2O2S/c1-28-19-13-9-15(10-14-19)20-21(16-5-3-2-4-6-16)29-23(25-20)26-22(27)17-7-11-18(24)12-8-17/h2-14H,1H3,(H,25,26,27). The van der Waals surface area contributed by atoms with Crippen LogP contribution in [0.25, 0.3) is 21.7 Å². The van der Waals surface area contributed by atoms with Gasteiger partial charge in [-0.15, -0.1) is 0 Å². The third kappa shape index (κ3) is 4.39. The fourth-order valence-electron chi connectivity index (χ4n) is 2.87. The van der Waals surface area contributed by atoms with Gasteiger partial charge in [-0.2, -0.15) is 0 Å². The number of anilines is 1. The van der Waals surface area contributed by atoms with E-state index in [1.807, 2.05) is 66.7 Å². The van der Waals surface area contributed by atoms with Crippen molar-refractivity contribution >= 4 is 38.3 Å². The van der Waals surface area contributed by atoms with Crippen LogP contribution in [0, 0.1) is 0 Å². The first-order chi connectivity index (χ1) is 14.1. The molecule has 0 aliphatic carbocycles. The number of amides is 1. The number of aromatic nitrogens is 1. The number of rotatable bonds is 5. The molecule has 144 valence electrons. The van der Waals surface area contributed by atoms with Crippen LogP contribution < -0.4 is 10.1 Å². The summed E-state index contributed by atoms with van der Waals surface area (Å²) in [6.45, 7) is 0. The number of nitrogens with zero attached hydrogens (tertiary/aromatic N) is 1. The lowest BCUT2D eigenvalue weighted by Crippen LogP contribution is -2.11. The van der Waals surface area contributed by atoms with Gasteiger partial charge in [0.05, 0.1) is 17.7 Å². The van der Waals surface area contributed by atoms with E-state index in [1.165, 1.54) is 11.3 Å². The van der Waals surface area contributed by atoms with Crippen molar-refractivity contribution in [3.05, 3.63) is 88.9 Å². The molecule has 1 N–H and O–H groups in total. The summed E-state index contributed by atoms with van der Waals surface area (Å²) in [5.74, 6) is 0.598. The molecule has 0 unspecified atom stereocenters. The molecule has 6 heteroatoms. The maximum absolute atomic E-state index is 12.6. The summed E-state index contributed by atoms with van der Waals surface area (Å²) in [6, 6.07) is 25.0. The highest BCUT2D eigenvalue weighted by molar-refractivity contribution is 9.10. The molecule has 4 aromatic rings. The number of hydrogen-bond acceptors (Lipinski definition) is 4. The number of carbonyl (C=O) groups is 1. The Morgan fingerprint density at radius 3 is 2.28 bits per heavy atom. The monoisotopic (exact) mass is 464 g/mol. The lowest BCUT2D eigenvalue weighted by atomic mass is 10.1. The summed E-state index contributed by atoms with van der Waals surface area (Å²) in [7, 11) is 1.64. The Kier molecular flexibility index (Phi) is 5.74.